The molecule has 76 valence electrons. The molecule has 0 aliphatic rings. The summed E-state index contributed by atoms with van der Waals surface area (Å²) in [6, 6.07) is 0. The number of carbonyl (C=O) groups is 1. The maximum absolute atomic E-state index is 13.1. The van der Waals surface area contributed by atoms with Gasteiger partial charge >= 0.3 is 5.97 Å². The number of halogens is 3. The fraction of sp³-hybridized carbons (Fsp3) is 0.222. The Hall–Kier alpha value is -1.52. The summed E-state index contributed by atoms with van der Waals surface area (Å²) in [6.07, 6.45) is 0. The smallest absolute Gasteiger partial charge is 0.341 e. The molecule has 0 aliphatic heterocycles. The van der Waals surface area contributed by atoms with Crippen LogP contribution in [0.25, 0.3) is 0 Å². The Bertz CT molecular complexity index is 384. The largest absolute Gasteiger partial charge is 0.477 e. The van der Waals surface area contributed by atoms with Crippen molar-refractivity contribution in [2.45, 2.75) is 13.8 Å². The van der Waals surface area contributed by atoms with E-state index in [1.165, 1.54) is 0 Å². The Morgan fingerprint density at radius 2 is 1.36 bits per heavy atom. The second-order valence-corrected chi connectivity index (χ2v) is 2.87. The molecule has 0 amide bonds. The lowest BCUT2D eigenvalue weighted by molar-refractivity contribution is 0.0685. The molecule has 0 atom stereocenters. The number of rotatable bonds is 1. The topological polar surface area (TPSA) is 37.3 Å². The van der Waals surface area contributed by atoms with Crippen LogP contribution in [0.1, 0.15) is 21.5 Å². The number of carboxylic acid groups (broad SMARTS) is 1. The van der Waals surface area contributed by atoms with Gasteiger partial charge in [0.25, 0.3) is 0 Å². The highest BCUT2D eigenvalue weighted by molar-refractivity contribution is 5.88. The number of hydrogen-bond donors (Lipinski definition) is 1. The molecule has 2 nitrogen and oxygen atoms in total. The minimum Gasteiger partial charge on any atom is -0.477 e. The number of hydrogen-bond acceptors (Lipinski definition) is 1. The predicted octanol–water partition coefficient (Wildman–Crippen LogP) is 2.42. The summed E-state index contributed by atoms with van der Waals surface area (Å²) in [7, 11) is 0. The van der Waals surface area contributed by atoms with Crippen molar-refractivity contribution in [3.8, 4) is 0 Å². The van der Waals surface area contributed by atoms with Gasteiger partial charge in [-0.3, -0.25) is 0 Å². The van der Waals surface area contributed by atoms with E-state index >= 15 is 0 Å². The van der Waals surface area contributed by atoms with Crippen molar-refractivity contribution in [2.75, 3.05) is 0 Å². The van der Waals surface area contributed by atoms with Crippen LogP contribution in [-0.4, -0.2) is 11.1 Å². The van der Waals surface area contributed by atoms with E-state index < -0.39 is 40.1 Å². The van der Waals surface area contributed by atoms with Crippen LogP contribution < -0.4 is 0 Å². The summed E-state index contributed by atoms with van der Waals surface area (Å²) in [5, 5.41) is 8.48. The van der Waals surface area contributed by atoms with E-state index in [-0.39, 0.29) is 0 Å². The lowest BCUT2D eigenvalue weighted by atomic mass is 10.0. The molecule has 0 fully saturated rings. The Labute approximate surface area is 78.0 Å². The monoisotopic (exact) mass is 204 g/mol. The van der Waals surface area contributed by atoms with Gasteiger partial charge in [-0.15, -0.1) is 0 Å². The SMILES string of the molecule is Cc1c(F)c(C)c(F)c(C(=O)O)c1F. The molecule has 14 heavy (non-hydrogen) atoms. The first-order valence-corrected chi connectivity index (χ1v) is 3.74. The zero-order chi connectivity index (χ0) is 11.0. The van der Waals surface area contributed by atoms with Gasteiger partial charge in [-0.1, -0.05) is 0 Å². The zero-order valence-corrected chi connectivity index (χ0v) is 7.49. The van der Waals surface area contributed by atoms with Crippen LogP contribution in [0.3, 0.4) is 0 Å². The predicted molar refractivity (Wildman–Crippen MR) is 42.7 cm³/mol. The third-order valence-electron chi connectivity index (χ3n) is 1.97. The molecule has 5 heteroatoms. The zero-order valence-electron chi connectivity index (χ0n) is 7.49. The van der Waals surface area contributed by atoms with Crippen LogP contribution in [0.4, 0.5) is 13.2 Å². The molecule has 1 aromatic carbocycles. The Balaban J connectivity index is 3.68. The molecule has 0 radical (unpaired) electrons. The van der Waals surface area contributed by atoms with Gasteiger partial charge < -0.3 is 5.11 Å². The molecule has 1 aromatic rings. The average Bonchev–Trinajstić information content (AvgIpc) is 2.11. The normalized spacial score (nSPS) is 10.4. The van der Waals surface area contributed by atoms with Crippen LogP contribution >= 0.6 is 0 Å². The Kier molecular flexibility index (Phi) is 2.51. The van der Waals surface area contributed by atoms with E-state index in [4.69, 9.17) is 5.11 Å². The third-order valence-corrected chi connectivity index (χ3v) is 1.97. The van der Waals surface area contributed by atoms with Crippen molar-refractivity contribution in [2.24, 2.45) is 0 Å². The molecule has 1 rings (SSSR count). The molecule has 0 heterocycles. The first-order chi connectivity index (χ1) is 6.37. The molecule has 0 saturated heterocycles. The summed E-state index contributed by atoms with van der Waals surface area (Å²) in [4.78, 5) is 10.5. The second kappa shape index (κ2) is 3.32. The Morgan fingerprint density at radius 3 is 1.64 bits per heavy atom. The molecule has 1 N–H and O–H groups in total. The van der Waals surface area contributed by atoms with Crippen LogP contribution in [0.15, 0.2) is 0 Å². The van der Waals surface area contributed by atoms with Crippen molar-refractivity contribution < 1.29 is 23.1 Å². The number of aromatic carboxylic acids is 1. The van der Waals surface area contributed by atoms with Crippen LogP contribution in [0, 0.1) is 31.3 Å². The minimum atomic E-state index is -1.74. The van der Waals surface area contributed by atoms with E-state index in [0.717, 1.165) is 13.8 Å². The van der Waals surface area contributed by atoms with Crippen LogP contribution in [0.5, 0.6) is 0 Å². The highest BCUT2D eigenvalue weighted by Crippen LogP contribution is 2.23. The summed E-state index contributed by atoms with van der Waals surface area (Å²) < 4.78 is 39.2. The highest BCUT2D eigenvalue weighted by atomic mass is 19.1. The second-order valence-electron chi connectivity index (χ2n) is 2.87. The maximum atomic E-state index is 13.1. The molecular formula is C9H7F3O2. The first kappa shape index (κ1) is 10.6. The van der Waals surface area contributed by atoms with E-state index in [1.807, 2.05) is 0 Å². The van der Waals surface area contributed by atoms with Gasteiger partial charge in [0, 0.05) is 11.1 Å². The summed E-state index contributed by atoms with van der Waals surface area (Å²) in [5.41, 5.74) is -2.08. The van der Waals surface area contributed by atoms with Crippen molar-refractivity contribution in [1.82, 2.24) is 0 Å². The van der Waals surface area contributed by atoms with Crippen LogP contribution in [-0.2, 0) is 0 Å². The molecule has 0 unspecified atom stereocenters. The van der Waals surface area contributed by atoms with Crippen molar-refractivity contribution in [1.29, 1.82) is 0 Å². The van der Waals surface area contributed by atoms with Gasteiger partial charge in [-0.2, -0.15) is 0 Å². The van der Waals surface area contributed by atoms with E-state index in [1.54, 1.807) is 0 Å². The van der Waals surface area contributed by atoms with Crippen molar-refractivity contribution in [3.05, 3.63) is 34.1 Å². The molecular weight excluding hydrogens is 197 g/mol. The quantitative estimate of drug-likeness (QED) is 0.762. The standard InChI is InChI=1S/C9H7F3O2/c1-3-6(10)4(2)8(12)5(7(3)11)9(13)14/h1-2H3,(H,13,14). The minimum absolute atomic E-state index is 0.485. The summed E-state index contributed by atoms with van der Waals surface area (Å²) >= 11 is 0. The molecule has 0 spiro atoms. The van der Waals surface area contributed by atoms with Crippen LogP contribution in [0.2, 0.25) is 0 Å². The molecule has 0 saturated carbocycles. The van der Waals surface area contributed by atoms with E-state index in [0.29, 0.717) is 0 Å². The highest BCUT2D eigenvalue weighted by Gasteiger charge is 2.24. The summed E-state index contributed by atoms with van der Waals surface area (Å²) in [6.45, 7) is 2.12. The van der Waals surface area contributed by atoms with Gasteiger partial charge in [0.2, 0.25) is 0 Å². The average molecular weight is 204 g/mol. The fourth-order valence-corrected chi connectivity index (χ4v) is 1.13. The molecule has 0 aromatic heterocycles. The maximum Gasteiger partial charge on any atom is 0.341 e. The van der Waals surface area contributed by atoms with Gasteiger partial charge in [0.1, 0.15) is 23.0 Å². The lowest BCUT2D eigenvalue weighted by Crippen LogP contribution is -2.10. The van der Waals surface area contributed by atoms with Gasteiger partial charge in [0.05, 0.1) is 0 Å². The number of benzene rings is 1. The van der Waals surface area contributed by atoms with Gasteiger partial charge in [-0.25, -0.2) is 18.0 Å². The first-order valence-electron chi connectivity index (χ1n) is 3.74. The van der Waals surface area contributed by atoms with E-state index in [9.17, 15) is 18.0 Å². The molecule has 0 bridgehead atoms. The van der Waals surface area contributed by atoms with Gasteiger partial charge in [-0.05, 0) is 13.8 Å². The van der Waals surface area contributed by atoms with Crippen molar-refractivity contribution in [3.63, 3.8) is 0 Å². The van der Waals surface area contributed by atoms with Gasteiger partial charge in [0.15, 0.2) is 0 Å². The van der Waals surface area contributed by atoms with E-state index in [2.05, 4.69) is 0 Å². The Morgan fingerprint density at radius 1 is 1.00 bits per heavy atom. The number of carboxylic acids is 1. The fourth-order valence-electron chi connectivity index (χ4n) is 1.13. The molecule has 0 aliphatic carbocycles. The van der Waals surface area contributed by atoms with Crippen molar-refractivity contribution >= 4 is 5.97 Å². The third kappa shape index (κ3) is 1.34. The summed E-state index contributed by atoms with van der Waals surface area (Å²) in [5.74, 6) is -5.52. The lowest BCUT2D eigenvalue weighted by Gasteiger charge is -2.07.